The molecule has 0 spiro atoms. The Hall–Kier alpha value is -0.620. The molecule has 0 atom stereocenters. The van der Waals surface area contributed by atoms with Crippen LogP contribution in [0.4, 0.5) is 5.69 Å². The number of anilines is 1. The third kappa shape index (κ3) is 3.69. The summed E-state index contributed by atoms with van der Waals surface area (Å²) in [5.41, 5.74) is -0.582. The minimum atomic E-state index is -0.502. The first-order valence-corrected chi connectivity index (χ1v) is 8.66. The molecule has 1 fully saturated rings. The van der Waals surface area contributed by atoms with E-state index in [0.29, 0.717) is 16.8 Å². The van der Waals surface area contributed by atoms with Crippen LogP contribution < -0.4 is 20.9 Å². The highest BCUT2D eigenvalue weighted by Gasteiger charge is 2.23. The van der Waals surface area contributed by atoms with Crippen molar-refractivity contribution in [2.24, 2.45) is 0 Å². The molecule has 106 valence electrons. The van der Waals surface area contributed by atoms with E-state index >= 15 is 0 Å². The van der Waals surface area contributed by atoms with Crippen molar-refractivity contribution in [3.05, 3.63) is 20.4 Å². The summed E-state index contributed by atoms with van der Waals surface area (Å²) in [6.07, 6.45) is 2.19. The summed E-state index contributed by atoms with van der Waals surface area (Å²) >= 11 is 3.95. The second kappa shape index (κ2) is 6.70. The fourth-order valence-corrected chi connectivity index (χ4v) is 4.76. The summed E-state index contributed by atoms with van der Waals surface area (Å²) in [4.78, 5) is 22.9. The zero-order chi connectivity index (χ0) is 13.8. The highest BCUT2D eigenvalue weighted by Crippen LogP contribution is 2.32. The van der Waals surface area contributed by atoms with E-state index in [4.69, 9.17) is 4.74 Å². The van der Waals surface area contributed by atoms with Crippen LogP contribution in [0.5, 0.6) is 5.75 Å². The van der Waals surface area contributed by atoms with Gasteiger partial charge in [0.2, 0.25) is 0 Å². The quantitative estimate of drug-likeness (QED) is 0.812. The van der Waals surface area contributed by atoms with Crippen LogP contribution in [0.2, 0.25) is 0 Å². The third-order valence-electron chi connectivity index (χ3n) is 2.80. The van der Waals surface area contributed by atoms with Crippen LogP contribution in [0.25, 0.3) is 0 Å². The predicted octanol–water partition coefficient (Wildman–Crippen LogP) is 2.07. The van der Waals surface area contributed by atoms with Gasteiger partial charge in [-0.2, -0.15) is 0 Å². The first-order chi connectivity index (χ1) is 9.09. The fourth-order valence-electron chi connectivity index (χ4n) is 1.90. The van der Waals surface area contributed by atoms with Crippen molar-refractivity contribution < 1.29 is 4.74 Å². The van der Waals surface area contributed by atoms with E-state index in [0.717, 1.165) is 6.42 Å². The van der Waals surface area contributed by atoms with Gasteiger partial charge in [-0.15, -0.1) is 23.5 Å². The van der Waals surface area contributed by atoms with Gasteiger partial charge in [0.25, 0.3) is 10.9 Å². The Morgan fingerprint density at radius 2 is 1.95 bits per heavy atom. The average Bonchev–Trinajstić information content (AvgIpc) is 2.42. The van der Waals surface area contributed by atoms with E-state index in [2.05, 4.69) is 5.32 Å². The molecule has 0 aliphatic carbocycles. The lowest BCUT2D eigenvalue weighted by Crippen LogP contribution is -2.37. The molecule has 1 heterocycles. The molecule has 0 radical (unpaired) electrons. The molecule has 6 heteroatoms. The summed E-state index contributed by atoms with van der Waals surface area (Å²) in [6.45, 7) is 4.40. The number of rotatable bonds is 6. The molecule has 1 aliphatic heterocycles. The maximum absolute atomic E-state index is 11.5. The summed E-state index contributed by atoms with van der Waals surface area (Å²) in [5.74, 6) is 2.66. The van der Waals surface area contributed by atoms with Crippen LogP contribution in [0.15, 0.2) is 9.59 Å². The first-order valence-electron chi connectivity index (χ1n) is 6.56. The largest absolute Gasteiger partial charge is 0.485 e. The average molecular weight is 301 g/mol. The van der Waals surface area contributed by atoms with E-state index in [1.807, 2.05) is 37.4 Å². The topological polar surface area (TPSA) is 55.4 Å². The second-order valence-corrected chi connectivity index (χ2v) is 7.69. The van der Waals surface area contributed by atoms with Crippen LogP contribution in [-0.2, 0) is 0 Å². The van der Waals surface area contributed by atoms with Gasteiger partial charge >= 0.3 is 0 Å². The zero-order valence-electron chi connectivity index (χ0n) is 11.2. The maximum Gasteiger partial charge on any atom is 0.272 e. The molecule has 0 amide bonds. The van der Waals surface area contributed by atoms with Gasteiger partial charge in [0.15, 0.2) is 5.75 Å². The van der Waals surface area contributed by atoms with Gasteiger partial charge in [0, 0.05) is 6.54 Å². The Balaban J connectivity index is 1.84. The van der Waals surface area contributed by atoms with Gasteiger partial charge in [-0.3, -0.25) is 9.59 Å². The molecule has 19 heavy (non-hydrogen) atoms. The standard InChI is InChI=1S/C13H19NO3S2/c1-8(2)17-13-10(11(15)12(13)16)14-5-4-9-18-6-3-7-19-9/h8-9,14H,3-7H2,1-2H3. The number of hydrogen-bond donors (Lipinski definition) is 1. The van der Waals surface area contributed by atoms with Gasteiger partial charge in [0.1, 0.15) is 5.69 Å². The van der Waals surface area contributed by atoms with Crippen LogP contribution in [0.3, 0.4) is 0 Å². The lowest BCUT2D eigenvalue weighted by molar-refractivity contribution is 0.238. The summed E-state index contributed by atoms with van der Waals surface area (Å²) in [5, 5.41) is 3.06. The number of ether oxygens (including phenoxy) is 1. The second-order valence-electron chi connectivity index (χ2n) is 4.77. The number of nitrogens with one attached hydrogen (secondary N) is 1. The fraction of sp³-hybridized carbons (Fsp3) is 0.692. The Kier molecular flexibility index (Phi) is 5.21. The van der Waals surface area contributed by atoms with E-state index in [9.17, 15) is 9.59 Å². The Morgan fingerprint density at radius 1 is 1.26 bits per heavy atom. The van der Waals surface area contributed by atoms with E-state index in [1.54, 1.807) is 0 Å². The number of thioether (sulfide) groups is 2. The number of hydrogen-bond acceptors (Lipinski definition) is 6. The lowest BCUT2D eigenvalue weighted by Gasteiger charge is -2.21. The van der Waals surface area contributed by atoms with Crippen LogP contribution in [0, 0.1) is 0 Å². The predicted molar refractivity (Wildman–Crippen MR) is 83.5 cm³/mol. The first kappa shape index (κ1) is 14.8. The molecular formula is C13H19NO3S2. The van der Waals surface area contributed by atoms with Crippen LogP contribution >= 0.6 is 23.5 Å². The SMILES string of the molecule is CC(C)Oc1c(NCCC2SCCCS2)c(=O)c1=O. The molecular weight excluding hydrogens is 282 g/mol. The van der Waals surface area contributed by atoms with Crippen molar-refractivity contribution in [1.82, 2.24) is 0 Å². The highest BCUT2D eigenvalue weighted by atomic mass is 32.2. The normalized spacial score (nSPS) is 17.0. The zero-order valence-corrected chi connectivity index (χ0v) is 12.9. The Morgan fingerprint density at radius 3 is 2.58 bits per heavy atom. The molecule has 1 aromatic rings. The van der Waals surface area contributed by atoms with Crippen molar-refractivity contribution in [3.63, 3.8) is 0 Å². The molecule has 1 saturated heterocycles. The van der Waals surface area contributed by atoms with Gasteiger partial charge in [0.05, 0.1) is 10.7 Å². The monoisotopic (exact) mass is 301 g/mol. The van der Waals surface area contributed by atoms with Crippen LogP contribution in [0.1, 0.15) is 26.7 Å². The van der Waals surface area contributed by atoms with E-state index in [-0.39, 0.29) is 11.9 Å². The lowest BCUT2D eigenvalue weighted by atomic mass is 10.2. The molecule has 4 nitrogen and oxygen atoms in total. The Labute approximate surface area is 121 Å². The molecule has 0 saturated carbocycles. The summed E-state index contributed by atoms with van der Waals surface area (Å²) < 4.78 is 5.96. The molecule has 1 N–H and O–H groups in total. The van der Waals surface area contributed by atoms with Gasteiger partial charge in [-0.05, 0) is 38.2 Å². The van der Waals surface area contributed by atoms with Gasteiger partial charge < -0.3 is 10.1 Å². The van der Waals surface area contributed by atoms with E-state index < -0.39 is 10.9 Å². The van der Waals surface area contributed by atoms with Crippen LogP contribution in [-0.4, -0.2) is 28.7 Å². The smallest absolute Gasteiger partial charge is 0.272 e. The Bertz CT molecular complexity index is 488. The van der Waals surface area contributed by atoms with Crippen molar-refractivity contribution >= 4 is 29.2 Å². The van der Waals surface area contributed by atoms with E-state index in [1.165, 1.54) is 17.9 Å². The maximum atomic E-state index is 11.5. The molecule has 1 aromatic carbocycles. The molecule has 2 rings (SSSR count). The van der Waals surface area contributed by atoms with Crippen molar-refractivity contribution in [3.8, 4) is 5.75 Å². The minimum Gasteiger partial charge on any atom is -0.485 e. The van der Waals surface area contributed by atoms with Crippen molar-refractivity contribution in [2.45, 2.75) is 37.4 Å². The summed E-state index contributed by atoms with van der Waals surface area (Å²) in [6, 6.07) is 0. The summed E-state index contributed by atoms with van der Waals surface area (Å²) in [7, 11) is 0. The van der Waals surface area contributed by atoms with Gasteiger partial charge in [-0.25, -0.2) is 0 Å². The molecule has 0 unspecified atom stereocenters. The molecule has 0 aromatic heterocycles. The van der Waals surface area contributed by atoms with Gasteiger partial charge in [-0.1, -0.05) is 0 Å². The van der Waals surface area contributed by atoms with Crippen molar-refractivity contribution in [1.29, 1.82) is 0 Å². The minimum absolute atomic E-state index is 0.0895. The molecule has 0 bridgehead atoms. The molecule has 1 aliphatic rings. The highest BCUT2D eigenvalue weighted by molar-refractivity contribution is 8.17. The third-order valence-corrected chi connectivity index (χ3v) is 5.88. The van der Waals surface area contributed by atoms with Crippen molar-refractivity contribution in [2.75, 3.05) is 23.4 Å².